The molecule has 0 unspecified atom stereocenters. The Morgan fingerprint density at radius 3 is 2.68 bits per heavy atom. The summed E-state index contributed by atoms with van der Waals surface area (Å²) >= 11 is 0. The zero-order valence-corrected chi connectivity index (χ0v) is 10.8. The zero-order valence-electron chi connectivity index (χ0n) is 9.98. The van der Waals surface area contributed by atoms with Gasteiger partial charge >= 0.3 is 0 Å². The monoisotopic (exact) mass is 284 g/mol. The van der Waals surface area contributed by atoms with Gasteiger partial charge in [0.2, 0.25) is 10.0 Å². The van der Waals surface area contributed by atoms with Crippen LogP contribution in [0, 0.1) is 10.1 Å². The van der Waals surface area contributed by atoms with E-state index in [1.165, 1.54) is 18.2 Å². The molecule has 1 heterocycles. The first-order valence-electron chi connectivity index (χ1n) is 5.67. The van der Waals surface area contributed by atoms with Crippen LogP contribution in [0.1, 0.15) is 12.8 Å². The average Bonchev–Trinajstić information content (AvgIpc) is 2.39. The third kappa shape index (κ3) is 2.79. The first-order chi connectivity index (χ1) is 8.91. The van der Waals surface area contributed by atoms with Gasteiger partial charge in [-0.05, 0) is 12.5 Å². The predicted molar refractivity (Wildman–Crippen MR) is 66.1 cm³/mol. The van der Waals surface area contributed by atoms with E-state index in [1.807, 2.05) is 0 Å². The second-order valence-electron chi connectivity index (χ2n) is 4.24. The number of nitro groups is 1. The fourth-order valence-electron chi connectivity index (χ4n) is 1.92. The molecule has 1 saturated heterocycles. The van der Waals surface area contributed by atoms with Crippen molar-refractivity contribution in [3.05, 3.63) is 34.4 Å². The van der Waals surface area contributed by atoms with E-state index < -0.39 is 14.9 Å². The second kappa shape index (κ2) is 5.06. The molecule has 0 aliphatic carbocycles. The fraction of sp³-hybridized carbons (Fsp3) is 0.364. The highest BCUT2D eigenvalue weighted by molar-refractivity contribution is 7.89. The fourth-order valence-corrected chi connectivity index (χ4v) is 3.42. The summed E-state index contributed by atoms with van der Waals surface area (Å²) in [6.07, 6.45) is 0.855. The smallest absolute Gasteiger partial charge is 0.270 e. The van der Waals surface area contributed by atoms with Crippen LogP contribution in [-0.2, 0) is 14.8 Å². The van der Waals surface area contributed by atoms with Gasteiger partial charge < -0.3 is 0 Å². The summed E-state index contributed by atoms with van der Waals surface area (Å²) in [5.41, 5.74) is -0.288. The predicted octanol–water partition coefficient (Wildman–Crippen LogP) is 0.948. The SMILES string of the molecule is O=C1CCCN(S(=O)(=O)c2cccc([N+](=O)[O-])c2)C1. The maximum Gasteiger partial charge on any atom is 0.270 e. The molecule has 102 valence electrons. The number of hydrogen-bond acceptors (Lipinski definition) is 5. The Morgan fingerprint density at radius 1 is 1.32 bits per heavy atom. The molecule has 8 heteroatoms. The summed E-state index contributed by atoms with van der Waals surface area (Å²) in [6, 6.07) is 4.84. The van der Waals surface area contributed by atoms with Crippen molar-refractivity contribution in [1.29, 1.82) is 0 Å². The maximum atomic E-state index is 12.3. The Morgan fingerprint density at radius 2 is 2.05 bits per heavy atom. The van der Waals surface area contributed by atoms with Crippen molar-refractivity contribution in [3.8, 4) is 0 Å². The van der Waals surface area contributed by atoms with Crippen LogP contribution in [0.4, 0.5) is 5.69 Å². The second-order valence-corrected chi connectivity index (χ2v) is 6.17. The molecule has 0 atom stereocenters. The standard InChI is InChI=1S/C11H12N2O5S/c14-10-4-2-6-12(8-10)19(17,18)11-5-1-3-9(7-11)13(15)16/h1,3,5,7H,2,4,6,8H2. The van der Waals surface area contributed by atoms with E-state index >= 15 is 0 Å². The van der Waals surface area contributed by atoms with Gasteiger partial charge in [0.25, 0.3) is 5.69 Å². The molecule has 1 aliphatic rings. The Bertz CT molecular complexity index is 626. The minimum absolute atomic E-state index is 0.139. The minimum atomic E-state index is -3.84. The van der Waals surface area contributed by atoms with Gasteiger partial charge in [0.05, 0.1) is 16.4 Å². The molecule has 0 N–H and O–H groups in total. The largest absolute Gasteiger partial charge is 0.298 e. The Labute approximate surface area is 110 Å². The molecule has 0 spiro atoms. The van der Waals surface area contributed by atoms with Gasteiger partial charge in [-0.3, -0.25) is 14.9 Å². The van der Waals surface area contributed by atoms with Crippen molar-refractivity contribution in [2.45, 2.75) is 17.7 Å². The molecule has 0 aromatic heterocycles. The molecule has 1 fully saturated rings. The quantitative estimate of drug-likeness (QED) is 0.608. The van der Waals surface area contributed by atoms with Gasteiger partial charge in [-0.1, -0.05) is 6.07 Å². The highest BCUT2D eigenvalue weighted by Crippen LogP contribution is 2.22. The molecule has 2 rings (SSSR count). The maximum absolute atomic E-state index is 12.3. The van der Waals surface area contributed by atoms with Crippen LogP contribution in [0.5, 0.6) is 0 Å². The molecular formula is C11H12N2O5S. The number of rotatable bonds is 3. The summed E-state index contributed by atoms with van der Waals surface area (Å²) in [5, 5.41) is 10.7. The number of carbonyl (C=O) groups excluding carboxylic acids is 1. The molecule has 0 bridgehead atoms. The topological polar surface area (TPSA) is 97.6 Å². The van der Waals surface area contributed by atoms with Crippen molar-refractivity contribution in [1.82, 2.24) is 4.31 Å². The lowest BCUT2D eigenvalue weighted by atomic mass is 10.1. The van der Waals surface area contributed by atoms with E-state index in [1.54, 1.807) is 0 Å². The van der Waals surface area contributed by atoms with Crippen LogP contribution in [0.3, 0.4) is 0 Å². The average molecular weight is 284 g/mol. The number of nitrogens with zero attached hydrogens (tertiary/aromatic N) is 2. The summed E-state index contributed by atoms with van der Waals surface area (Å²) < 4.78 is 25.6. The summed E-state index contributed by atoms with van der Waals surface area (Å²) in [6.45, 7) is 0.0990. The lowest BCUT2D eigenvalue weighted by Gasteiger charge is -2.24. The molecule has 19 heavy (non-hydrogen) atoms. The van der Waals surface area contributed by atoms with Crippen LogP contribution in [0.2, 0.25) is 0 Å². The number of piperidine rings is 1. The van der Waals surface area contributed by atoms with Gasteiger partial charge in [0.15, 0.2) is 0 Å². The van der Waals surface area contributed by atoms with Crippen LogP contribution in [0.25, 0.3) is 0 Å². The molecule has 1 aromatic rings. The van der Waals surface area contributed by atoms with Crippen molar-refractivity contribution >= 4 is 21.5 Å². The van der Waals surface area contributed by atoms with Gasteiger partial charge in [-0.15, -0.1) is 0 Å². The summed E-state index contributed by atoms with van der Waals surface area (Å²) in [5.74, 6) is -0.139. The third-order valence-corrected chi connectivity index (χ3v) is 4.72. The van der Waals surface area contributed by atoms with Gasteiger partial charge in [-0.2, -0.15) is 4.31 Å². The first kappa shape index (κ1) is 13.6. The number of benzene rings is 1. The number of carbonyl (C=O) groups is 1. The van der Waals surface area contributed by atoms with Crippen LogP contribution in [0.15, 0.2) is 29.2 Å². The molecular weight excluding hydrogens is 272 g/mol. The number of ketones is 1. The van der Waals surface area contributed by atoms with E-state index in [0.717, 1.165) is 10.4 Å². The van der Waals surface area contributed by atoms with Crippen LogP contribution in [-0.4, -0.2) is 36.5 Å². The van der Waals surface area contributed by atoms with E-state index in [2.05, 4.69) is 0 Å². The zero-order chi connectivity index (χ0) is 14.0. The Hall–Kier alpha value is -1.80. The van der Waals surface area contributed by atoms with Gasteiger partial charge in [0.1, 0.15) is 5.78 Å². The van der Waals surface area contributed by atoms with Crippen molar-refractivity contribution in [2.75, 3.05) is 13.1 Å². The molecule has 1 aromatic carbocycles. The first-order valence-corrected chi connectivity index (χ1v) is 7.11. The normalized spacial score (nSPS) is 17.4. The van der Waals surface area contributed by atoms with E-state index in [0.29, 0.717) is 12.8 Å². The summed E-state index contributed by atoms with van der Waals surface area (Å²) in [4.78, 5) is 21.2. The lowest BCUT2D eigenvalue weighted by Crippen LogP contribution is -2.40. The lowest BCUT2D eigenvalue weighted by molar-refractivity contribution is -0.385. The highest BCUT2D eigenvalue weighted by atomic mass is 32.2. The molecule has 0 radical (unpaired) electrons. The molecule has 1 aliphatic heterocycles. The Kier molecular flexibility index (Phi) is 3.63. The van der Waals surface area contributed by atoms with E-state index in [9.17, 15) is 23.3 Å². The van der Waals surface area contributed by atoms with Crippen molar-refractivity contribution in [3.63, 3.8) is 0 Å². The number of Topliss-reactive ketones (excluding diaryl/α,β-unsaturated/α-hetero) is 1. The minimum Gasteiger partial charge on any atom is -0.298 e. The van der Waals surface area contributed by atoms with Crippen LogP contribution >= 0.6 is 0 Å². The van der Waals surface area contributed by atoms with E-state index in [-0.39, 0.29) is 29.5 Å². The van der Waals surface area contributed by atoms with Crippen molar-refractivity contribution in [2.24, 2.45) is 0 Å². The van der Waals surface area contributed by atoms with Gasteiger partial charge in [0, 0.05) is 25.1 Å². The van der Waals surface area contributed by atoms with Gasteiger partial charge in [-0.25, -0.2) is 8.42 Å². The molecule has 0 saturated carbocycles. The van der Waals surface area contributed by atoms with Crippen molar-refractivity contribution < 1.29 is 18.1 Å². The van der Waals surface area contributed by atoms with Crippen LogP contribution < -0.4 is 0 Å². The Balaban J connectivity index is 2.36. The molecule has 7 nitrogen and oxygen atoms in total. The number of non-ortho nitro benzene ring substituents is 1. The number of hydrogen-bond donors (Lipinski definition) is 0. The highest BCUT2D eigenvalue weighted by Gasteiger charge is 2.30. The summed E-state index contributed by atoms with van der Waals surface area (Å²) in [7, 11) is -3.84. The molecule has 0 amide bonds. The van der Waals surface area contributed by atoms with E-state index in [4.69, 9.17) is 0 Å². The third-order valence-electron chi connectivity index (χ3n) is 2.88. The number of nitro benzene ring substituents is 1. The number of sulfonamides is 1.